The smallest absolute Gasteiger partial charge is 0.229 e. The third-order valence-electron chi connectivity index (χ3n) is 3.63. The first kappa shape index (κ1) is 13.8. The van der Waals surface area contributed by atoms with E-state index in [-0.39, 0.29) is 17.9 Å². The molecule has 1 amide bonds. The third-order valence-corrected chi connectivity index (χ3v) is 4.77. The van der Waals surface area contributed by atoms with Gasteiger partial charge in [0.25, 0.3) is 0 Å². The number of thiazole rings is 1. The Morgan fingerprint density at radius 1 is 1.68 bits per heavy atom. The van der Waals surface area contributed by atoms with Crippen LogP contribution < -0.4 is 10.6 Å². The number of carbonyl (C=O) groups excluding carboxylic acids is 1. The summed E-state index contributed by atoms with van der Waals surface area (Å²) >= 11 is 1.55. The maximum atomic E-state index is 11.9. The van der Waals surface area contributed by atoms with Crippen molar-refractivity contribution in [2.45, 2.75) is 45.1 Å². The van der Waals surface area contributed by atoms with Gasteiger partial charge in [-0.3, -0.25) is 4.79 Å². The normalized spacial score (nSPS) is 23.0. The van der Waals surface area contributed by atoms with Crippen molar-refractivity contribution in [2.75, 3.05) is 5.32 Å². The average Bonchev–Trinajstić information content (AvgIpc) is 2.80. The van der Waals surface area contributed by atoms with Gasteiger partial charge in [-0.15, -0.1) is 11.3 Å². The molecule has 0 spiro atoms. The molecule has 19 heavy (non-hydrogen) atoms. The van der Waals surface area contributed by atoms with E-state index in [2.05, 4.69) is 29.5 Å². The molecular weight excluding hydrogens is 260 g/mol. The highest BCUT2D eigenvalue weighted by Gasteiger charge is 2.34. The van der Waals surface area contributed by atoms with Gasteiger partial charge in [0.2, 0.25) is 5.91 Å². The van der Waals surface area contributed by atoms with Gasteiger partial charge in [0.1, 0.15) is 0 Å². The fourth-order valence-corrected chi connectivity index (χ4v) is 2.98. The molecule has 0 radical (unpaired) electrons. The van der Waals surface area contributed by atoms with Crippen LogP contribution in [-0.2, 0) is 4.79 Å². The van der Waals surface area contributed by atoms with Crippen molar-refractivity contribution in [2.24, 2.45) is 5.92 Å². The molecule has 0 aromatic carbocycles. The molecule has 0 aliphatic heterocycles. The van der Waals surface area contributed by atoms with Crippen molar-refractivity contribution >= 4 is 22.4 Å². The van der Waals surface area contributed by atoms with Gasteiger partial charge in [-0.05, 0) is 25.2 Å². The van der Waals surface area contributed by atoms with Crippen LogP contribution in [0.1, 0.15) is 43.9 Å². The van der Waals surface area contributed by atoms with Gasteiger partial charge in [-0.25, -0.2) is 4.98 Å². The quantitative estimate of drug-likeness (QED) is 0.640. The predicted octanol–water partition coefficient (Wildman–Crippen LogP) is 2.44. The lowest BCUT2D eigenvalue weighted by Crippen LogP contribution is -2.44. The summed E-state index contributed by atoms with van der Waals surface area (Å²) in [6, 6.07) is 0.160. The summed E-state index contributed by atoms with van der Waals surface area (Å²) in [6.07, 6.45) is 6.27. The van der Waals surface area contributed by atoms with Crippen LogP contribution in [0.5, 0.6) is 0 Å². The number of rotatable bonds is 5. The van der Waals surface area contributed by atoms with Crippen LogP contribution in [0.25, 0.3) is 0 Å². The van der Waals surface area contributed by atoms with Crippen LogP contribution in [0.15, 0.2) is 6.20 Å². The zero-order valence-electron chi connectivity index (χ0n) is 11.1. The Balaban J connectivity index is 1.83. The van der Waals surface area contributed by atoms with E-state index < -0.39 is 0 Å². The van der Waals surface area contributed by atoms with Crippen molar-refractivity contribution in [3.8, 4) is 6.19 Å². The second kappa shape index (κ2) is 6.02. The molecule has 5 nitrogen and oxygen atoms in total. The molecule has 1 aromatic heterocycles. The maximum Gasteiger partial charge on any atom is 0.229 e. The molecule has 1 fully saturated rings. The van der Waals surface area contributed by atoms with Crippen molar-refractivity contribution in [3.63, 3.8) is 0 Å². The molecule has 0 saturated heterocycles. The third kappa shape index (κ3) is 3.24. The Bertz CT molecular complexity index is 487. The van der Waals surface area contributed by atoms with E-state index >= 15 is 0 Å². The highest BCUT2D eigenvalue weighted by Crippen LogP contribution is 2.31. The number of hydrogen-bond donors (Lipinski definition) is 2. The molecule has 2 N–H and O–H groups in total. The Labute approximate surface area is 117 Å². The number of nitriles is 1. The summed E-state index contributed by atoms with van der Waals surface area (Å²) in [6.45, 7) is 4.29. The first-order valence-electron chi connectivity index (χ1n) is 6.55. The summed E-state index contributed by atoms with van der Waals surface area (Å²) in [5.41, 5.74) is 0. The van der Waals surface area contributed by atoms with E-state index in [1.165, 1.54) is 4.88 Å². The minimum atomic E-state index is 0.00167. The summed E-state index contributed by atoms with van der Waals surface area (Å²) in [4.78, 5) is 17.4. The SMILES string of the molecule is CC[C@H](C)c1cnc(NC(=O)[C@H]2C[C@H](NC#N)C2)s1. The van der Waals surface area contributed by atoms with Crippen molar-refractivity contribution in [1.82, 2.24) is 10.3 Å². The van der Waals surface area contributed by atoms with Crippen LogP contribution >= 0.6 is 11.3 Å². The molecule has 1 saturated carbocycles. The first-order valence-corrected chi connectivity index (χ1v) is 7.36. The number of anilines is 1. The van der Waals surface area contributed by atoms with E-state index in [1.807, 2.05) is 12.4 Å². The van der Waals surface area contributed by atoms with Crippen LogP contribution in [0.3, 0.4) is 0 Å². The molecule has 0 bridgehead atoms. The van der Waals surface area contributed by atoms with E-state index in [4.69, 9.17) is 5.26 Å². The van der Waals surface area contributed by atoms with Crippen LogP contribution in [-0.4, -0.2) is 16.9 Å². The lowest BCUT2D eigenvalue weighted by Gasteiger charge is -2.32. The minimum Gasteiger partial charge on any atom is -0.321 e. The zero-order chi connectivity index (χ0) is 13.8. The molecule has 1 atom stereocenters. The van der Waals surface area contributed by atoms with Crippen molar-refractivity contribution in [3.05, 3.63) is 11.1 Å². The van der Waals surface area contributed by atoms with E-state index in [0.717, 1.165) is 19.3 Å². The Morgan fingerprint density at radius 3 is 3.05 bits per heavy atom. The van der Waals surface area contributed by atoms with E-state index in [1.54, 1.807) is 11.3 Å². The zero-order valence-corrected chi connectivity index (χ0v) is 12.0. The van der Waals surface area contributed by atoms with Crippen molar-refractivity contribution < 1.29 is 4.79 Å². The van der Waals surface area contributed by atoms with E-state index in [0.29, 0.717) is 11.0 Å². The van der Waals surface area contributed by atoms with Gasteiger partial charge in [-0.1, -0.05) is 13.8 Å². The fraction of sp³-hybridized carbons (Fsp3) is 0.615. The number of nitrogens with zero attached hydrogens (tertiary/aromatic N) is 2. The number of nitrogens with one attached hydrogen (secondary N) is 2. The highest BCUT2D eigenvalue weighted by molar-refractivity contribution is 7.15. The summed E-state index contributed by atoms with van der Waals surface area (Å²) in [5, 5.41) is 14.7. The topological polar surface area (TPSA) is 77.8 Å². The summed E-state index contributed by atoms with van der Waals surface area (Å²) in [5.74, 6) is 0.499. The number of hydrogen-bond acceptors (Lipinski definition) is 5. The molecule has 1 aromatic rings. The Hall–Kier alpha value is -1.61. The molecule has 0 unspecified atom stereocenters. The molecule has 2 rings (SSSR count). The number of carbonyl (C=O) groups is 1. The van der Waals surface area contributed by atoms with E-state index in [9.17, 15) is 4.79 Å². The second-order valence-electron chi connectivity index (χ2n) is 4.99. The lowest BCUT2D eigenvalue weighted by atomic mass is 9.80. The lowest BCUT2D eigenvalue weighted by molar-refractivity contribution is -0.122. The van der Waals surface area contributed by atoms with Crippen LogP contribution in [0.2, 0.25) is 0 Å². The molecule has 102 valence electrons. The average molecular weight is 278 g/mol. The van der Waals surface area contributed by atoms with Gasteiger partial charge >= 0.3 is 0 Å². The highest BCUT2D eigenvalue weighted by atomic mass is 32.1. The minimum absolute atomic E-state index is 0.00167. The predicted molar refractivity (Wildman–Crippen MR) is 74.7 cm³/mol. The van der Waals surface area contributed by atoms with Gasteiger partial charge < -0.3 is 10.6 Å². The first-order chi connectivity index (χ1) is 9.13. The fourth-order valence-electron chi connectivity index (χ4n) is 2.02. The molecule has 1 aliphatic rings. The number of amides is 1. The monoisotopic (exact) mass is 278 g/mol. The molecule has 1 aliphatic carbocycles. The number of aromatic nitrogens is 1. The van der Waals surface area contributed by atoms with Gasteiger partial charge in [0, 0.05) is 23.0 Å². The van der Waals surface area contributed by atoms with Gasteiger partial charge in [0.15, 0.2) is 11.3 Å². The van der Waals surface area contributed by atoms with Gasteiger partial charge in [-0.2, -0.15) is 5.26 Å². The summed E-state index contributed by atoms with van der Waals surface area (Å²) in [7, 11) is 0. The largest absolute Gasteiger partial charge is 0.321 e. The standard InChI is InChI=1S/C13H18N4OS/c1-3-8(2)11-6-15-13(19-11)17-12(18)9-4-10(5-9)16-7-14/h6,8-10,16H,3-5H2,1-2H3,(H,15,17,18)/t8-,9-,10-/m0/s1. The van der Waals surface area contributed by atoms with Crippen LogP contribution in [0.4, 0.5) is 5.13 Å². The molecule has 6 heteroatoms. The van der Waals surface area contributed by atoms with Gasteiger partial charge in [0.05, 0.1) is 0 Å². The van der Waals surface area contributed by atoms with Crippen molar-refractivity contribution in [1.29, 1.82) is 5.26 Å². The Morgan fingerprint density at radius 2 is 2.42 bits per heavy atom. The van der Waals surface area contributed by atoms with Crippen LogP contribution in [0, 0.1) is 17.4 Å². The summed E-state index contributed by atoms with van der Waals surface area (Å²) < 4.78 is 0. The maximum absolute atomic E-state index is 11.9. The molecular formula is C13H18N4OS. The second-order valence-corrected chi connectivity index (χ2v) is 6.05. The Kier molecular flexibility index (Phi) is 4.38. The molecule has 1 heterocycles.